The topological polar surface area (TPSA) is 35.9 Å². The lowest BCUT2D eigenvalue weighted by Gasteiger charge is -2.37. The fourth-order valence-corrected chi connectivity index (χ4v) is 2.60. The highest BCUT2D eigenvalue weighted by Gasteiger charge is 2.36. The van der Waals surface area contributed by atoms with Gasteiger partial charge in [0.25, 0.3) is 0 Å². The molecular weight excluding hydrogens is 323 g/mol. The summed E-state index contributed by atoms with van der Waals surface area (Å²) in [6.45, 7) is 1.82. The Hall–Kier alpha value is -1.35. The number of alkyl halides is 3. The molecule has 1 heterocycles. The molecule has 9 heteroatoms. The Balaban J connectivity index is 2.28. The molecule has 0 aromatic heterocycles. The van der Waals surface area contributed by atoms with Crippen LogP contribution in [0.15, 0.2) is 23.4 Å². The molecule has 21 heavy (non-hydrogen) atoms. The molecule has 0 N–H and O–H groups in total. The molecule has 0 bridgehead atoms. The van der Waals surface area contributed by atoms with E-state index in [-0.39, 0.29) is 11.4 Å². The number of benzene rings is 1. The van der Waals surface area contributed by atoms with E-state index in [1.165, 1.54) is 12.1 Å². The molecule has 2 rings (SSSR count). The largest absolute Gasteiger partial charge is 0.418 e. The third-order valence-corrected chi connectivity index (χ3v) is 3.82. The van der Waals surface area contributed by atoms with Crippen LogP contribution in [0.2, 0.25) is 0 Å². The van der Waals surface area contributed by atoms with E-state index in [1.807, 2.05) is 4.90 Å². The van der Waals surface area contributed by atoms with Crippen molar-refractivity contribution in [2.75, 3.05) is 31.1 Å². The normalized spacial score (nSPS) is 16.0. The fraction of sp³-hybridized carbons (Fsp3) is 0.417. The van der Waals surface area contributed by atoms with Crippen LogP contribution in [-0.4, -0.2) is 35.4 Å². The van der Waals surface area contributed by atoms with Gasteiger partial charge in [0, 0.05) is 31.9 Å². The molecule has 1 fully saturated rings. The van der Waals surface area contributed by atoms with Crippen molar-refractivity contribution < 1.29 is 13.2 Å². The first-order chi connectivity index (χ1) is 9.82. The molecule has 1 aliphatic heterocycles. The maximum Gasteiger partial charge on any atom is 0.418 e. The molecule has 1 aliphatic rings. The number of nitroso groups, excluding NO2 is 1. The average Bonchev–Trinajstić information content (AvgIpc) is 2.46. The summed E-state index contributed by atoms with van der Waals surface area (Å²) < 4.78 is 39.8. The number of hydrogen-bond donors (Lipinski definition) is 1. The standard InChI is InChI=1S/C12H12F3N3OS2/c13-12(14,15)9-7-8(16-19)1-2-10(9)17-3-5-18(6-4-17)11(20)21/h1-2,7H,3-6H2,(H,20,21). The first-order valence-electron chi connectivity index (χ1n) is 6.10. The monoisotopic (exact) mass is 335 g/mol. The van der Waals surface area contributed by atoms with Crippen molar-refractivity contribution in [2.24, 2.45) is 5.18 Å². The summed E-state index contributed by atoms with van der Waals surface area (Å²) in [5, 5.41) is 2.56. The Labute approximate surface area is 130 Å². The minimum Gasteiger partial charge on any atom is -0.367 e. The summed E-state index contributed by atoms with van der Waals surface area (Å²) in [7, 11) is 0. The van der Waals surface area contributed by atoms with Crippen molar-refractivity contribution in [2.45, 2.75) is 6.18 Å². The van der Waals surface area contributed by atoms with Gasteiger partial charge in [-0.2, -0.15) is 13.2 Å². The lowest BCUT2D eigenvalue weighted by molar-refractivity contribution is -0.137. The quantitative estimate of drug-likeness (QED) is 0.510. The van der Waals surface area contributed by atoms with Crippen molar-refractivity contribution in [3.8, 4) is 0 Å². The minimum atomic E-state index is -4.54. The van der Waals surface area contributed by atoms with Gasteiger partial charge in [-0.05, 0) is 23.4 Å². The molecule has 1 saturated heterocycles. The number of rotatable bonds is 2. The first-order valence-corrected chi connectivity index (χ1v) is 6.96. The maximum atomic E-state index is 13.1. The lowest BCUT2D eigenvalue weighted by Crippen LogP contribution is -2.47. The van der Waals surface area contributed by atoms with E-state index in [1.54, 1.807) is 4.90 Å². The van der Waals surface area contributed by atoms with E-state index in [4.69, 9.17) is 12.2 Å². The van der Waals surface area contributed by atoms with Crippen LogP contribution in [0.25, 0.3) is 0 Å². The minimum absolute atomic E-state index is 0.0552. The van der Waals surface area contributed by atoms with Gasteiger partial charge in [-0.15, -0.1) is 17.5 Å². The Morgan fingerprint density at radius 2 is 1.86 bits per heavy atom. The van der Waals surface area contributed by atoms with Gasteiger partial charge in [-0.1, -0.05) is 12.2 Å². The Bertz CT molecular complexity index is 557. The van der Waals surface area contributed by atoms with Crippen LogP contribution in [0.1, 0.15) is 5.56 Å². The van der Waals surface area contributed by atoms with E-state index in [0.717, 1.165) is 6.07 Å². The SMILES string of the molecule is O=Nc1ccc(N2CCN(C(=S)S)CC2)c(C(F)(F)F)c1. The zero-order valence-electron chi connectivity index (χ0n) is 10.8. The molecule has 1 aromatic carbocycles. The van der Waals surface area contributed by atoms with E-state index in [0.29, 0.717) is 30.5 Å². The highest BCUT2D eigenvalue weighted by molar-refractivity contribution is 8.10. The second-order valence-corrected chi connectivity index (χ2v) is 5.66. The second-order valence-electron chi connectivity index (χ2n) is 4.55. The third kappa shape index (κ3) is 3.65. The molecular formula is C12H12F3N3OS2. The number of piperazine rings is 1. The summed E-state index contributed by atoms with van der Waals surface area (Å²) in [5.41, 5.74) is -1.03. The number of hydrogen-bond acceptors (Lipinski definition) is 4. The molecule has 0 aliphatic carbocycles. The third-order valence-electron chi connectivity index (χ3n) is 3.28. The summed E-state index contributed by atoms with van der Waals surface area (Å²) in [4.78, 5) is 13.9. The molecule has 0 saturated carbocycles. The average molecular weight is 335 g/mol. The Kier molecular flexibility index (Phi) is 4.72. The zero-order chi connectivity index (χ0) is 15.6. The summed E-state index contributed by atoms with van der Waals surface area (Å²) in [5.74, 6) is 0. The van der Waals surface area contributed by atoms with Crippen LogP contribution < -0.4 is 4.90 Å². The van der Waals surface area contributed by atoms with Gasteiger partial charge in [-0.25, -0.2) is 0 Å². The van der Waals surface area contributed by atoms with Crippen LogP contribution in [0.5, 0.6) is 0 Å². The van der Waals surface area contributed by atoms with E-state index in [9.17, 15) is 18.1 Å². The predicted octanol–water partition coefficient (Wildman–Crippen LogP) is 3.44. The summed E-state index contributed by atoms with van der Waals surface area (Å²) in [6, 6.07) is 3.35. The van der Waals surface area contributed by atoms with Gasteiger partial charge in [0.1, 0.15) is 10.0 Å². The summed E-state index contributed by atoms with van der Waals surface area (Å²) >= 11 is 9.00. The highest BCUT2D eigenvalue weighted by atomic mass is 32.1. The zero-order valence-corrected chi connectivity index (χ0v) is 12.5. The number of thiol groups is 1. The molecule has 0 atom stereocenters. The van der Waals surface area contributed by atoms with Crippen molar-refractivity contribution in [3.63, 3.8) is 0 Å². The highest BCUT2D eigenvalue weighted by Crippen LogP contribution is 2.39. The smallest absolute Gasteiger partial charge is 0.367 e. The predicted molar refractivity (Wildman–Crippen MR) is 82.3 cm³/mol. The molecule has 0 radical (unpaired) electrons. The molecule has 0 unspecified atom stereocenters. The second kappa shape index (κ2) is 6.18. The number of anilines is 1. The van der Waals surface area contributed by atoms with Gasteiger partial charge < -0.3 is 9.80 Å². The maximum absolute atomic E-state index is 13.1. The van der Waals surface area contributed by atoms with E-state index in [2.05, 4.69) is 17.8 Å². The van der Waals surface area contributed by atoms with Crippen molar-refractivity contribution in [3.05, 3.63) is 28.7 Å². The van der Waals surface area contributed by atoms with Crippen LogP contribution >= 0.6 is 24.8 Å². The first kappa shape index (κ1) is 16.0. The van der Waals surface area contributed by atoms with Gasteiger partial charge in [0.2, 0.25) is 0 Å². The molecule has 1 aromatic rings. The van der Waals surface area contributed by atoms with Gasteiger partial charge >= 0.3 is 6.18 Å². The van der Waals surface area contributed by atoms with E-state index >= 15 is 0 Å². The molecule has 0 spiro atoms. The Morgan fingerprint density at radius 3 is 2.33 bits per heavy atom. The lowest BCUT2D eigenvalue weighted by atomic mass is 10.1. The van der Waals surface area contributed by atoms with Gasteiger partial charge in [-0.3, -0.25) is 0 Å². The van der Waals surface area contributed by atoms with Crippen molar-refractivity contribution >= 4 is 40.5 Å². The summed E-state index contributed by atoms with van der Waals surface area (Å²) in [6.07, 6.45) is -4.54. The van der Waals surface area contributed by atoms with Gasteiger partial charge in [0.05, 0.1) is 5.56 Å². The van der Waals surface area contributed by atoms with E-state index < -0.39 is 11.7 Å². The molecule has 0 amide bonds. The fourth-order valence-electron chi connectivity index (χ4n) is 2.22. The molecule has 114 valence electrons. The number of nitrogens with zero attached hydrogens (tertiary/aromatic N) is 3. The van der Waals surface area contributed by atoms with Gasteiger partial charge in [0.15, 0.2) is 0 Å². The van der Waals surface area contributed by atoms with Crippen molar-refractivity contribution in [1.82, 2.24) is 4.90 Å². The van der Waals surface area contributed by atoms with Crippen molar-refractivity contribution in [1.29, 1.82) is 0 Å². The van der Waals surface area contributed by atoms with Crippen LogP contribution in [-0.2, 0) is 6.18 Å². The number of thiocarbonyl (C=S) groups is 1. The van der Waals surface area contributed by atoms with Crippen LogP contribution in [0.4, 0.5) is 24.5 Å². The molecule has 4 nitrogen and oxygen atoms in total. The van der Waals surface area contributed by atoms with Crippen LogP contribution in [0, 0.1) is 4.91 Å². The number of halogens is 3. The Morgan fingerprint density at radius 1 is 1.24 bits per heavy atom. The van der Waals surface area contributed by atoms with Crippen LogP contribution in [0.3, 0.4) is 0 Å².